The Morgan fingerprint density at radius 3 is 2.50 bits per heavy atom. The van der Waals surface area contributed by atoms with Gasteiger partial charge in [-0.05, 0) is 11.6 Å². The van der Waals surface area contributed by atoms with Crippen molar-refractivity contribution in [2.24, 2.45) is 11.8 Å². The van der Waals surface area contributed by atoms with Crippen molar-refractivity contribution in [2.45, 2.75) is 19.0 Å². The monoisotopic (exact) mass is 409 g/mol. The maximum Gasteiger partial charge on any atom is 0.250 e. The molecular weight excluding hydrogens is 382 g/mol. The Morgan fingerprint density at radius 2 is 1.77 bits per heavy atom. The van der Waals surface area contributed by atoms with E-state index in [9.17, 15) is 14.4 Å². The predicted molar refractivity (Wildman–Crippen MR) is 112 cm³/mol. The van der Waals surface area contributed by atoms with E-state index in [0.717, 1.165) is 5.56 Å². The van der Waals surface area contributed by atoms with Gasteiger partial charge in [-0.2, -0.15) is 0 Å². The van der Waals surface area contributed by atoms with E-state index in [1.807, 2.05) is 28.0 Å². The van der Waals surface area contributed by atoms with Crippen molar-refractivity contribution < 1.29 is 14.3 Å². The van der Waals surface area contributed by atoms with Crippen LogP contribution in [0.15, 0.2) is 59.5 Å². The third-order valence-corrected chi connectivity index (χ3v) is 6.20. The summed E-state index contributed by atoms with van der Waals surface area (Å²) in [5.74, 6) is 0.462. The standard InChI is InChI=1S/C23H27N3O4/c1-30-12-10-21(28)26-14-18-13-25(22(29)16-24-11-6-5-9-20(24)27)15-19(18)23(26)17-7-3-2-4-8-17/h2-9,11,18-19,23H,10,12-16H2,1H3/t18-,19-,23-/m0/s1. The molecule has 158 valence electrons. The zero-order chi connectivity index (χ0) is 21.1. The van der Waals surface area contributed by atoms with E-state index >= 15 is 0 Å². The van der Waals surface area contributed by atoms with Gasteiger partial charge in [0.2, 0.25) is 11.8 Å². The van der Waals surface area contributed by atoms with Crippen molar-refractivity contribution in [2.75, 3.05) is 33.4 Å². The highest BCUT2D eigenvalue weighted by Crippen LogP contribution is 2.45. The van der Waals surface area contributed by atoms with Gasteiger partial charge in [-0.1, -0.05) is 36.4 Å². The maximum atomic E-state index is 12.9. The van der Waals surface area contributed by atoms with E-state index in [-0.39, 0.29) is 41.8 Å². The number of hydrogen-bond acceptors (Lipinski definition) is 4. The summed E-state index contributed by atoms with van der Waals surface area (Å²) in [7, 11) is 1.60. The normalized spacial score (nSPS) is 22.9. The van der Waals surface area contributed by atoms with E-state index < -0.39 is 0 Å². The van der Waals surface area contributed by atoms with Crippen LogP contribution in [0.1, 0.15) is 18.0 Å². The molecule has 2 aromatic rings. The van der Waals surface area contributed by atoms with Gasteiger partial charge in [0.05, 0.1) is 19.1 Å². The molecule has 3 heterocycles. The number of carbonyl (C=O) groups is 2. The quantitative estimate of drug-likeness (QED) is 0.726. The fraction of sp³-hybridized carbons (Fsp3) is 0.435. The summed E-state index contributed by atoms with van der Waals surface area (Å²) in [5, 5.41) is 0. The lowest BCUT2D eigenvalue weighted by molar-refractivity contribution is -0.134. The van der Waals surface area contributed by atoms with E-state index in [1.165, 1.54) is 10.6 Å². The highest BCUT2D eigenvalue weighted by Gasteiger charge is 2.49. The lowest BCUT2D eigenvalue weighted by Crippen LogP contribution is -2.39. The molecule has 2 aliphatic heterocycles. The Hall–Kier alpha value is -2.93. The number of amides is 2. The fourth-order valence-electron chi connectivity index (χ4n) is 4.75. The molecule has 1 aromatic carbocycles. The van der Waals surface area contributed by atoms with Gasteiger partial charge in [-0.3, -0.25) is 14.4 Å². The van der Waals surface area contributed by atoms with Gasteiger partial charge < -0.3 is 19.1 Å². The second kappa shape index (κ2) is 8.83. The molecule has 2 amide bonds. The minimum absolute atomic E-state index is 0.0437. The number of ether oxygens (including phenoxy) is 1. The minimum Gasteiger partial charge on any atom is -0.384 e. The van der Waals surface area contributed by atoms with E-state index in [0.29, 0.717) is 32.7 Å². The smallest absolute Gasteiger partial charge is 0.250 e. The lowest BCUT2D eigenvalue weighted by atomic mass is 9.89. The second-order valence-electron chi connectivity index (χ2n) is 8.03. The van der Waals surface area contributed by atoms with Gasteiger partial charge in [0.15, 0.2) is 0 Å². The van der Waals surface area contributed by atoms with Crippen molar-refractivity contribution >= 4 is 11.8 Å². The topological polar surface area (TPSA) is 71.8 Å². The van der Waals surface area contributed by atoms with Crippen molar-refractivity contribution in [3.63, 3.8) is 0 Å². The van der Waals surface area contributed by atoms with Crippen molar-refractivity contribution in [3.8, 4) is 0 Å². The molecule has 0 aliphatic carbocycles. The summed E-state index contributed by atoms with van der Waals surface area (Å²) >= 11 is 0. The van der Waals surface area contributed by atoms with Crippen LogP contribution in [-0.2, 0) is 20.9 Å². The van der Waals surface area contributed by atoms with Crippen LogP contribution in [0, 0.1) is 11.8 Å². The van der Waals surface area contributed by atoms with Crippen LogP contribution in [0.3, 0.4) is 0 Å². The molecule has 2 aliphatic rings. The molecule has 7 heteroatoms. The Bertz CT molecular complexity index is 958. The molecule has 0 radical (unpaired) electrons. The number of fused-ring (bicyclic) bond motifs is 1. The Morgan fingerprint density at radius 1 is 1.00 bits per heavy atom. The molecule has 0 spiro atoms. The number of rotatable bonds is 6. The van der Waals surface area contributed by atoms with Crippen LogP contribution < -0.4 is 5.56 Å². The predicted octanol–water partition coefficient (Wildman–Crippen LogP) is 1.54. The summed E-state index contributed by atoms with van der Waals surface area (Å²) in [5.41, 5.74) is 0.923. The fourth-order valence-corrected chi connectivity index (χ4v) is 4.75. The summed E-state index contributed by atoms with van der Waals surface area (Å²) in [6.07, 6.45) is 2.00. The zero-order valence-electron chi connectivity index (χ0n) is 17.1. The first-order valence-corrected chi connectivity index (χ1v) is 10.3. The third-order valence-electron chi connectivity index (χ3n) is 6.20. The highest BCUT2D eigenvalue weighted by atomic mass is 16.5. The Kier molecular flexibility index (Phi) is 5.99. The molecule has 2 saturated heterocycles. The van der Waals surface area contributed by atoms with Gasteiger partial charge >= 0.3 is 0 Å². The van der Waals surface area contributed by atoms with Crippen molar-refractivity contribution in [3.05, 3.63) is 70.6 Å². The van der Waals surface area contributed by atoms with Crippen LogP contribution in [0.2, 0.25) is 0 Å². The maximum absolute atomic E-state index is 12.9. The molecule has 7 nitrogen and oxygen atoms in total. The van der Waals surface area contributed by atoms with Crippen LogP contribution in [0.4, 0.5) is 0 Å². The Balaban J connectivity index is 1.51. The molecule has 0 unspecified atom stereocenters. The van der Waals surface area contributed by atoms with E-state index in [1.54, 1.807) is 25.4 Å². The number of carbonyl (C=O) groups excluding carboxylic acids is 2. The number of pyridine rings is 1. The number of benzene rings is 1. The first-order valence-electron chi connectivity index (χ1n) is 10.3. The van der Waals surface area contributed by atoms with Crippen LogP contribution in [0.25, 0.3) is 0 Å². The number of aromatic nitrogens is 1. The molecule has 0 saturated carbocycles. The molecule has 4 rings (SSSR count). The second-order valence-corrected chi connectivity index (χ2v) is 8.03. The molecular formula is C23H27N3O4. The first kappa shape index (κ1) is 20.3. The van der Waals surface area contributed by atoms with Gasteiger partial charge in [-0.15, -0.1) is 0 Å². The van der Waals surface area contributed by atoms with Crippen LogP contribution in [0.5, 0.6) is 0 Å². The zero-order valence-corrected chi connectivity index (χ0v) is 17.1. The summed E-state index contributed by atoms with van der Waals surface area (Å²) in [4.78, 5) is 41.5. The van der Waals surface area contributed by atoms with Crippen molar-refractivity contribution in [1.82, 2.24) is 14.4 Å². The molecule has 2 fully saturated rings. The van der Waals surface area contributed by atoms with E-state index in [4.69, 9.17) is 4.74 Å². The SMILES string of the molecule is COCCC(=O)N1C[C@@H]2CN(C(=O)Cn3ccccc3=O)C[C@@H]2[C@@H]1c1ccccc1. The molecule has 3 atom stereocenters. The number of nitrogens with zero attached hydrogens (tertiary/aromatic N) is 3. The average molecular weight is 409 g/mol. The Labute approximate surface area is 175 Å². The van der Waals surface area contributed by atoms with Crippen molar-refractivity contribution in [1.29, 1.82) is 0 Å². The number of methoxy groups -OCH3 is 1. The molecule has 1 aromatic heterocycles. The summed E-state index contributed by atoms with van der Waals surface area (Å²) < 4.78 is 6.53. The minimum atomic E-state index is -0.178. The molecule has 0 bridgehead atoms. The first-order chi connectivity index (χ1) is 14.6. The lowest BCUT2D eigenvalue weighted by Gasteiger charge is -2.30. The summed E-state index contributed by atoms with van der Waals surface area (Å²) in [6.45, 7) is 2.30. The van der Waals surface area contributed by atoms with Gasteiger partial charge in [0, 0.05) is 50.8 Å². The van der Waals surface area contributed by atoms with Crippen LogP contribution in [-0.4, -0.2) is 59.5 Å². The summed E-state index contributed by atoms with van der Waals surface area (Å²) in [6, 6.07) is 14.9. The van der Waals surface area contributed by atoms with E-state index in [2.05, 4.69) is 12.1 Å². The van der Waals surface area contributed by atoms with Gasteiger partial charge in [0.1, 0.15) is 6.54 Å². The highest BCUT2D eigenvalue weighted by molar-refractivity contribution is 5.78. The molecule has 30 heavy (non-hydrogen) atoms. The van der Waals surface area contributed by atoms with Crippen LogP contribution >= 0.6 is 0 Å². The van der Waals surface area contributed by atoms with Gasteiger partial charge in [0.25, 0.3) is 5.56 Å². The third kappa shape index (κ3) is 4.03. The van der Waals surface area contributed by atoms with Gasteiger partial charge in [-0.25, -0.2) is 0 Å². The molecule has 0 N–H and O–H groups in total. The average Bonchev–Trinajstić information content (AvgIpc) is 3.32. The number of likely N-dealkylation sites (tertiary alicyclic amines) is 2. The largest absolute Gasteiger partial charge is 0.384 e. The number of hydrogen-bond donors (Lipinski definition) is 0.